The fourth-order valence-electron chi connectivity index (χ4n) is 3.55. The van der Waals surface area contributed by atoms with E-state index in [4.69, 9.17) is 4.74 Å². The smallest absolute Gasteiger partial charge is 0.253 e. The average molecular weight is 340 g/mol. The molecule has 0 radical (unpaired) electrons. The molecule has 0 bridgehead atoms. The molecule has 1 fully saturated rings. The number of aliphatic hydroxyl groups is 1. The molecule has 25 heavy (non-hydrogen) atoms. The molecule has 0 unspecified atom stereocenters. The number of fused-ring (bicyclic) bond motifs is 1. The molecule has 2 aliphatic rings. The van der Waals surface area contributed by atoms with E-state index in [-0.39, 0.29) is 29.5 Å². The largest absolute Gasteiger partial charge is 0.493 e. The van der Waals surface area contributed by atoms with Gasteiger partial charge in [-0.05, 0) is 48.1 Å². The van der Waals surface area contributed by atoms with E-state index in [0.29, 0.717) is 25.0 Å². The molecule has 1 aliphatic heterocycles. The van der Waals surface area contributed by atoms with Gasteiger partial charge in [-0.25, -0.2) is 0 Å². The maximum atomic E-state index is 12.6. The van der Waals surface area contributed by atoms with Gasteiger partial charge in [-0.3, -0.25) is 9.59 Å². The summed E-state index contributed by atoms with van der Waals surface area (Å²) in [5, 5.41) is 12.7. The van der Waals surface area contributed by atoms with Gasteiger partial charge in [0.1, 0.15) is 5.75 Å². The number of rotatable bonds is 4. The van der Waals surface area contributed by atoms with Crippen molar-refractivity contribution >= 4 is 5.91 Å². The number of ether oxygens (including phenoxy) is 1. The summed E-state index contributed by atoms with van der Waals surface area (Å²) in [6, 6.07) is 8.69. The Hall–Kier alpha value is -2.60. The minimum absolute atomic E-state index is 0.172. The lowest BCUT2D eigenvalue weighted by atomic mass is 9.74. The quantitative estimate of drug-likeness (QED) is 0.787. The van der Waals surface area contributed by atoms with Crippen LogP contribution < -0.4 is 15.6 Å². The molecule has 1 amide bonds. The van der Waals surface area contributed by atoms with E-state index in [1.165, 1.54) is 18.3 Å². The predicted octanol–water partition coefficient (Wildman–Crippen LogP) is 1.55. The van der Waals surface area contributed by atoms with Crippen LogP contribution in [0.3, 0.4) is 0 Å². The Bertz CT molecular complexity index is 834. The molecule has 6 nitrogen and oxygen atoms in total. The van der Waals surface area contributed by atoms with E-state index in [9.17, 15) is 14.7 Å². The Morgan fingerprint density at radius 2 is 2.12 bits per heavy atom. The highest BCUT2D eigenvalue weighted by atomic mass is 16.5. The summed E-state index contributed by atoms with van der Waals surface area (Å²) in [5.74, 6) is 0.865. The molecule has 1 aromatic carbocycles. The van der Waals surface area contributed by atoms with Gasteiger partial charge >= 0.3 is 0 Å². The van der Waals surface area contributed by atoms with Crippen LogP contribution in [0.1, 0.15) is 40.4 Å². The van der Waals surface area contributed by atoms with Crippen LogP contribution in [0.25, 0.3) is 0 Å². The summed E-state index contributed by atoms with van der Waals surface area (Å²) in [6.45, 7) is 0.690. The highest BCUT2D eigenvalue weighted by Crippen LogP contribution is 2.39. The predicted molar refractivity (Wildman–Crippen MR) is 91.6 cm³/mol. The molecule has 1 aliphatic carbocycles. The number of hydrogen-bond acceptors (Lipinski definition) is 4. The van der Waals surface area contributed by atoms with E-state index >= 15 is 0 Å². The number of aromatic nitrogens is 1. The van der Waals surface area contributed by atoms with Gasteiger partial charge < -0.3 is 20.1 Å². The van der Waals surface area contributed by atoms with Gasteiger partial charge in [-0.15, -0.1) is 0 Å². The first-order chi connectivity index (χ1) is 12.1. The van der Waals surface area contributed by atoms with Crippen molar-refractivity contribution in [3.8, 4) is 5.75 Å². The molecule has 6 heteroatoms. The number of carbonyl (C=O) groups is 1. The Labute approximate surface area is 144 Å². The van der Waals surface area contributed by atoms with Crippen LogP contribution in [-0.2, 0) is 6.42 Å². The summed E-state index contributed by atoms with van der Waals surface area (Å²) in [6.07, 6.45) is 3.34. The van der Waals surface area contributed by atoms with Crippen LogP contribution >= 0.6 is 0 Å². The molecule has 2 heterocycles. The number of carbonyl (C=O) groups excluding carboxylic acids is 1. The number of nitrogens with one attached hydrogen (secondary N) is 2. The van der Waals surface area contributed by atoms with Crippen molar-refractivity contribution in [1.29, 1.82) is 0 Å². The highest BCUT2D eigenvalue weighted by molar-refractivity contribution is 5.94. The number of aliphatic hydroxyl groups excluding tert-OH is 1. The second-order valence-electron chi connectivity index (χ2n) is 6.74. The molecule has 3 N–H and O–H groups in total. The summed E-state index contributed by atoms with van der Waals surface area (Å²) >= 11 is 0. The normalized spacial score (nSPS) is 22.4. The Balaban J connectivity index is 1.59. The lowest BCUT2D eigenvalue weighted by Crippen LogP contribution is -2.41. The zero-order chi connectivity index (χ0) is 17.4. The van der Waals surface area contributed by atoms with Crippen molar-refractivity contribution in [2.24, 2.45) is 5.92 Å². The first-order valence-corrected chi connectivity index (χ1v) is 8.53. The van der Waals surface area contributed by atoms with Crippen molar-refractivity contribution < 1.29 is 14.6 Å². The van der Waals surface area contributed by atoms with E-state index in [2.05, 4.69) is 16.4 Å². The number of aromatic amines is 1. The number of benzene rings is 1. The minimum Gasteiger partial charge on any atom is -0.493 e. The maximum Gasteiger partial charge on any atom is 0.253 e. The van der Waals surface area contributed by atoms with Crippen LogP contribution in [-0.4, -0.2) is 28.7 Å². The lowest BCUT2D eigenvalue weighted by Gasteiger charge is -2.38. The first-order valence-electron chi connectivity index (χ1n) is 8.53. The number of pyridine rings is 1. The molecule has 0 spiro atoms. The monoisotopic (exact) mass is 340 g/mol. The lowest BCUT2D eigenvalue weighted by molar-refractivity contribution is 0.0235. The van der Waals surface area contributed by atoms with Crippen LogP contribution in [0, 0.1) is 5.92 Å². The van der Waals surface area contributed by atoms with Crippen LogP contribution in [0.4, 0.5) is 0 Å². The van der Waals surface area contributed by atoms with Crippen LogP contribution in [0.5, 0.6) is 5.75 Å². The van der Waals surface area contributed by atoms with Gasteiger partial charge in [0.15, 0.2) is 0 Å². The van der Waals surface area contributed by atoms with Gasteiger partial charge in [-0.2, -0.15) is 0 Å². The number of H-pyrrole nitrogens is 1. The van der Waals surface area contributed by atoms with Gasteiger partial charge in [0.2, 0.25) is 5.56 Å². The summed E-state index contributed by atoms with van der Waals surface area (Å²) in [5.41, 5.74) is 2.35. The van der Waals surface area contributed by atoms with Crippen LogP contribution in [0.15, 0.2) is 41.3 Å². The SMILES string of the molecule is O=C(N[C@@H](c1ccc2c(c1)CCO2)C1CC(O)C1)c1ccc(=O)[nH]c1. The molecular formula is C19H20N2O4. The molecule has 130 valence electrons. The molecule has 4 rings (SSSR count). The standard InChI is InChI=1S/C19H20N2O4/c22-15-8-14(9-15)18(12-1-3-16-11(7-12)5-6-25-16)21-19(24)13-2-4-17(23)20-10-13/h1-4,7,10,14-15,18,22H,5-6,8-9H2,(H,20,23)(H,21,24)/t14?,15?,18-/m0/s1. The summed E-state index contributed by atoms with van der Waals surface area (Å²) in [4.78, 5) is 26.3. The molecule has 1 aromatic heterocycles. The molecular weight excluding hydrogens is 320 g/mol. The first kappa shape index (κ1) is 15.9. The average Bonchev–Trinajstić information content (AvgIpc) is 3.05. The topological polar surface area (TPSA) is 91.4 Å². The zero-order valence-corrected chi connectivity index (χ0v) is 13.7. The van der Waals surface area contributed by atoms with Crippen molar-refractivity contribution in [2.75, 3.05) is 6.61 Å². The third-order valence-electron chi connectivity index (χ3n) is 5.03. The Morgan fingerprint density at radius 3 is 2.84 bits per heavy atom. The second-order valence-corrected chi connectivity index (χ2v) is 6.74. The van der Waals surface area contributed by atoms with E-state index in [1.54, 1.807) is 0 Å². The van der Waals surface area contributed by atoms with E-state index < -0.39 is 0 Å². The Kier molecular flexibility index (Phi) is 4.05. The molecule has 2 aromatic rings. The van der Waals surface area contributed by atoms with Crippen molar-refractivity contribution in [3.05, 3.63) is 63.6 Å². The number of amides is 1. The minimum atomic E-state index is -0.296. The zero-order valence-electron chi connectivity index (χ0n) is 13.7. The second kappa shape index (κ2) is 6.37. The third-order valence-corrected chi connectivity index (χ3v) is 5.03. The number of hydrogen-bond donors (Lipinski definition) is 3. The fraction of sp³-hybridized carbons (Fsp3) is 0.368. The Morgan fingerprint density at radius 1 is 1.28 bits per heavy atom. The van der Waals surface area contributed by atoms with Gasteiger partial charge in [0, 0.05) is 18.7 Å². The van der Waals surface area contributed by atoms with E-state index in [1.807, 2.05) is 12.1 Å². The van der Waals surface area contributed by atoms with Gasteiger partial charge in [-0.1, -0.05) is 6.07 Å². The van der Waals surface area contributed by atoms with Crippen molar-refractivity contribution in [2.45, 2.75) is 31.4 Å². The van der Waals surface area contributed by atoms with Gasteiger partial charge in [0.05, 0.1) is 24.3 Å². The van der Waals surface area contributed by atoms with Crippen molar-refractivity contribution in [1.82, 2.24) is 10.3 Å². The molecule has 1 saturated carbocycles. The molecule has 1 atom stereocenters. The maximum absolute atomic E-state index is 12.6. The fourth-order valence-corrected chi connectivity index (χ4v) is 3.55. The van der Waals surface area contributed by atoms with E-state index in [0.717, 1.165) is 23.3 Å². The highest BCUT2D eigenvalue weighted by Gasteiger charge is 2.36. The molecule has 0 saturated heterocycles. The third kappa shape index (κ3) is 3.17. The summed E-state index contributed by atoms with van der Waals surface area (Å²) in [7, 11) is 0. The van der Waals surface area contributed by atoms with Crippen LogP contribution in [0.2, 0.25) is 0 Å². The summed E-state index contributed by atoms with van der Waals surface area (Å²) < 4.78 is 5.55. The van der Waals surface area contributed by atoms with Gasteiger partial charge in [0.25, 0.3) is 5.91 Å². The van der Waals surface area contributed by atoms with Crippen molar-refractivity contribution in [3.63, 3.8) is 0 Å².